The maximum absolute atomic E-state index is 14.4. The molecule has 1 saturated carbocycles. The number of methoxy groups -OCH3 is 1. The van der Waals surface area contributed by atoms with Crippen LogP contribution in [0.25, 0.3) is 0 Å². The van der Waals surface area contributed by atoms with Gasteiger partial charge >= 0.3 is 6.09 Å². The highest BCUT2D eigenvalue weighted by Gasteiger charge is 2.68. The standard InChI is InChI=1S/C31H30N2O8/c1-4-41-22-12-8-11-19(25(22)34)24-17-13-14-18-23(28(37)33(26(18)35)30(39)40-3)20(17)15-21-27(36)32(29(38)31(21,24)2)16-9-6-5-7-10-16/h5-13,18,20-21,23-24,34H,4,14-15H2,1-3H3. The Morgan fingerprint density at radius 1 is 1.00 bits per heavy atom. The molecule has 3 fully saturated rings. The number of ether oxygens (including phenoxy) is 2. The fourth-order valence-electron chi connectivity index (χ4n) is 7.50. The number of carbonyl (C=O) groups excluding carboxylic acids is 5. The van der Waals surface area contributed by atoms with Gasteiger partial charge in [-0.25, -0.2) is 9.69 Å². The van der Waals surface area contributed by atoms with Gasteiger partial charge in [0.1, 0.15) is 0 Å². The van der Waals surface area contributed by atoms with E-state index in [4.69, 9.17) is 9.47 Å². The smallest absolute Gasteiger partial charge is 0.423 e. The molecule has 212 valence electrons. The summed E-state index contributed by atoms with van der Waals surface area (Å²) in [5.74, 6) is -5.99. The number of imide groups is 4. The average Bonchev–Trinajstić information content (AvgIpc) is 3.34. The Kier molecular flexibility index (Phi) is 6.24. The minimum absolute atomic E-state index is 0.133. The van der Waals surface area contributed by atoms with Crippen molar-refractivity contribution < 1.29 is 38.6 Å². The van der Waals surface area contributed by atoms with Gasteiger partial charge in [0.25, 0.3) is 0 Å². The number of phenolic OH excluding ortho intramolecular Hbond substituents is 1. The molecular weight excluding hydrogens is 528 g/mol. The number of aromatic hydroxyl groups is 1. The Morgan fingerprint density at radius 2 is 1.73 bits per heavy atom. The molecule has 0 radical (unpaired) electrons. The first kappa shape index (κ1) is 26.7. The van der Waals surface area contributed by atoms with E-state index >= 15 is 0 Å². The van der Waals surface area contributed by atoms with E-state index in [1.165, 1.54) is 4.90 Å². The minimum atomic E-state index is -1.31. The second-order valence-corrected chi connectivity index (χ2v) is 11.1. The Balaban J connectivity index is 1.54. The number of rotatable bonds is 4. The third-order valence-electron chi connectivity index (χ3n) is 9.29. The van der Waals surface area contributed by atoms with Crippen LogP contribution in [0.3, 0.4) is 0 Å². The van der Waals surface area contributed by atoms with E-state index in [1.807, 2.05) is 6.08 Å². The minimum Gasteiger partial charge on any atom is -0.504 e. The van der Waals surface area contributed by atoms with Crippen LogP contribution in [0.15, 0.2) is 60.2 Å². The molecular formula is C31H30N2O8. The van der Waals surface area contributed by atoms with Gasteiger partial charge in [-0.3, -0.25) is 19.2 Å². The van der Waals surface area contributed by atoms with Crippen molar-refractivity contribution in [2.45, 2.75) is 32.6 Å². The van der Waals surface area contributed by atoms with Crippen molar-refractivity contribution in [2.75, 3.05) is 18.6 Å². The number of amides is 5. The zero-order valence-electron chi connectivity index (χ0n) is 22.9. The third-order valence-corrected chi connectivity index (χ3v) is 9.29. The number of allylic oxidation sites excluding steroid dienone is 2. The highest BCUT2D eigenvalue weighted by molar-refractivity contribution is 6.24. The van der Waals surface area contributed by atoms with Crippen molar-refractivity contribution in [1.29, 1.82) is 0 Å². The van der Waals surface area contributed by atoms with E-state index in [-0.39, 0.29) is 24.3 Å². The van der Waals surface area contributed by atoms with Crippen molar-refractivity contribution in [3.05, 3.63) is 65.7 Å². The molecule has 6 rings (SSSR count). The van der Waals surface area contributed by atoms with Crippen molar-refractivity contribution in [2.24, 2.45) is 29.1 Å². The van der Waals surface area contributed by atoms with Gasteiger partial charge in [0, 0.05) is 11.5 Å². The molecule has 0 bridgehead atoms. The van der Waals surface area contributed by atoms with Crippen LogP contribution in [0.1, 0.15) is 38.2 Å². The van der Waals surface area contributed by atoms with Crippen molar-refractivity contribution in [1.82, 2.24) is 4.90 Å². The molecule has 2 aliphatic carbocycles. The molecule has 2 heterocycles. The highest BCUT2D eigenvalue weighted by atomic mass is 16.5. The second kappa shape index (κ2) is 9.57. The van der Waals surface area contributed by atoms with Crippen LogP contribution in [-0.2, 0) is 23.9 Å². The van der Waals surface area contributed by atoms with E-state index in [0.29, 0.717) is 28.3 Å². The number of hydrogen-bond donors (Lipinski definition) is 1. The van der Waals surface area contributed by atoms with Crippen LogP contribution >= 0.6 is 0 Å². The number of phenols is 1. The first-order valence-electron chi connectivity index (χ1n) is 13.7. The number of likely N-dealkylation sites (tertiary alicyclic amines) is 1. The Hall–Kier alpha value is -4.47. The largest absolute Gasteiger partial charge is 0.504 e. The Labute approximate surface area is 236 Å². The number of benzene rings is 2. The molecule has 5 amide bonds. The molecule has 10 nitrogen and oxygen atoms in total. The first-order valence-corrected chi connectivity index (χ1v) is 13.7. The zero-order chi connectivity index (χ0) is 29.2. The summed E-state index contributed by atoms with van der Waals surface area (Å²) in [5.41, 5.74) is 0.217. The lowest BCUT2D eigenvalue weighted by Crippen LogP contribution is -2.49. The maximum atomic E-state index is 14.4. The van der Waals surface area contributed by atoms with E-state index in [9.17, 15) is 29.1 Å². The zero-order valence-corrected chi connectivity index (χ0v) is 22.9. The van der Waals surface area contributed by atoms with Gasteiger partial charge in [-0.1, -0.05) is 42.0 Å². The monoisotopic (exact) mass is 558 g/mol. The maximum Gasteiger partial charge on any atom is 0.423 e. The van der Waals surface area contributed by atoms with Gasteiger partial charge in [0.05, 0.1) is 42.6 Å². The van der Waals surface area contributed by atoms with Crippen molar-refractivity contribution >= 4 is 35.4 Å². The molecule has 10 heteroatoms. The van der Waals surface area contributed by atoms with Crippen LogP contribution in [0, 0.1) is 29.1 Å². The summed E-state index contributed by atoms with van der Waals surface area (Å²) in [5, 5.41) is 11.4. The van der Waals surface area contributed by atoms with Crippen LogP contribution < -0.4 is 9.64 Å². The average molecular weight is 559 g/mol. The molecule has 2 aromatic rings. The third kappa shape index (κ3) is 3.59. The molecule has 2 saturated heterocycles. The molecule has 1 N–H and O–H groups in total. The lowest BCUT2D eigenvalue weighted by atomic mass is 9.51. The molecule has 2 aliphatic heterocycles. The summed E-state index contributed by atoms with van der Waals surface area (Å²) in [6, 6.07) is 13.7. The summed E-state index contributed by atoms with van der Waals surface area (Å²) < 4.78 is 10.4. The Bertz CT molecular complexity index is 1520. The summed E-state index contributed by atoms with van der Waals surface area (Å²) in [7, 11) is 1.10. The van der Waals surface area contributed by atoms with E-state index in [0.717, 1.165) is 7.11 Å². The SMILES string of the molecule is CCOc1cccc(C2C3=CCC4C(=O)N(C(=O)OC)C(=O)C4C3CC3C(=O)N(c4ccccc4)C(=O)C32C)c1O. The number of fused-ring (bicyclic) bond motifs is 4. The number of para-hydroxylation sites is 2. The molecule has 6 unspecified atom stereocenters. The number of nitrogens with zero attached hydrogens (tertiary/aromatic N) is 2. The second-order valence-electron chi connectivity index (χ2n) is 11.1. The molecule has 41 heavy (non-hydrogen) atoms. The summed E-state index contributed by atoms with van der Waals surface area (Å²) in [4.78, 5) is 69.4. The molecule has 6 atom stereocenters. The predicted molar refractivity (Wildman–Crippen MR) is 145 cm³/mol. The van der Waals surface area contributed by atoms with Gasteiger partial charge in [-0.15, -0.1) is 0 Å². The topological polar surface area (TPSA) is 131 Å². The van der Waals surface area contributed by atoms with Crippen LogP contribution in [0.4, 0.5) is 10.5 Å². The van der Waals surface area contributed by atoms with Gasteiger partial charge in [0.2, 0.25) is 23.6 Å². The van der Waals surface area contributed by atoms with E-state index in [2.05, 4.69) is 0 Å². The summed E-state index contributed by atoms with van der Waals surface area (Å²) in [6.45, 7) is 3.83. The van der Waals surface area contributed by atoms with Crippen LogP contribution in [0.5, 0.6) is 11.5 Å². The van der Waals surface area contributed by atoms with Gasteiger partial charge in [-0.05, 0) is 50.8 Å². The highest BCUT2D eigenvalue weighted by Crippen LogP contribution is 2.64. The quantitative estimate of drug-likeness (QED) is 0.443. The van der Waals surface area contributed by atoms with Crippen LogP contribution in [0.2, 0.25) is 0 Å². The summed E-state index contributed by atoms with van der Waals surface area (Å²) >= 11 is 0. The fourth-order valence-corrected chi connectivity index (χ4v) is 7.50. The molecule has 4 aliphatic rings. The van der Waals surface area contributed by atoms with Gasteiger partial charge < -0.3 is 14.6 Å². The van der Waals surface area contributed by atoms with Gasteiger partial charge in [-0.2, -0.15) is 4.90 Å². The normalized spacial score (nSPS) is 30.5. The fraction of sp³-hybridized carbons (Fsp3) is 0.387. The molecule has 0 aromatic heterocycles. The lowest BCUT2D eigenvalue weighted by molar-refractivity contribution is -0.138. The predicted octanol–water partition coefficient (Wildman–Crippen LogP) is 3.79. The Morgan fingerprint density at radius 3 is 2.41 bits per heavy atom. The van der Waals surface area contributed by atoms with Crippen LogP contribution in [-0.4, -0.2) is 53.4 Å². The number of hydrogen-bond acceptors (Lipinski definition) is 8. The number of anilines is 1. The van der Waals surface area contributed by atoms with E-state index in [1.54, 1.807) is 62.4 Å². The van der Waals surface area contributed by atoms with Crippen molar-refractivity contribution in [3.63, 3.8) is 0 Å². The first-order chi connectivity index (χ1) is 19.7. The summed E-state index contributed by atoms with van der Waals surface area (Å²) in [6.07, 6.45) is 1.10. The van der Waals surface area contributed by atoms with Gasteiger partial charge in [0.15, 0.2) is 11.5 Å². The molecule has 2 aromatic carbocycles. The lowest BCUT2D eigenvalue weighted by Gasteiger charge is -2.49. The van der Waals surface area contributed by atoms with E-state index < -0.39 is 64.7 Å². The molecule has 0 spiro atoms. The van der Waals surface area contributed by atoms with Crippen molar-refractivity contribution in [3.8, 4) is 11.5 Å². The number of carbonyl (C=O) groups is 5.